The normalized spacial score (nSPS) is 48.6. The molecule has 6 rings (SSSR count). The van der Waals surface area contributed by atoms with Crippen molar-refractivity contribution in [3.63, 3.8) is 0 Å². The monoisotopic (exact) mass is 400 g/mol. The summed E-state index contributed by atoms with van der Waals surface area (Å²) in [6, 6.07) is 0.862. The van der Waals surface area contributed by atoms with E-state index in [1.165, 1.54) is 0 Å². The SMILES string of the molecule is CC(N)C(=O)OC12CC3CC(C1)CC(C(N)C(=O)N1C(C#N)CC4C(C)C41)(C3)C2. The van der Waals surface area contributed by atoms with Crippen LogP contribution in [0.15, 0.2) is 0 Å². The molecule has 0 aromatic heterocycles. The van der Waals surface area contributed by atoms with Crippen LogP contribution in [0.3, 0.4) is 0 Å². The predicted molar refractivity (Wildman–Crippen MR) is 105 cm³/mol. The molecular formula is C22H32N4O3. The molecular weight excluding hydrogens is 368 g/mol. The lowest BCUT2D eigenvalue weighted by Gasteiger charge is -2.62. The van der Waals surface area contributed by atoms with Gasteiger partial charge in [0.25, 0.3) is 0 Å². The Bertz CT molecular complexity index is 775. The number of rotatable bonds is 4. The van der Waals surface area contributed by atoms with Gasteiger partial charge in [0.05, 0.1) is 12.1 Å². The van der Waals surface area contributed by atoms with Crippen molar-refractivity contribution in [2.24, 2.45) is 40.6 Å². The van der Waals surface area contributed by atoms with E-state index < -0.39 is 17.7 Å². The fourth-order valence-electron chi connectivity index (χ4n) is 7.79. The van der Waals surface area contributed by atoms with Crippen molar-refractivity contribution in [3.05, 3.63) is 0 Å². The Morgan fingerprint density at radius 3 is 2.41 bits per heavy atom. The standard InChI is InChI=1S/C22H32N4O3/c1-11-16-4-15(9-23)26(17(11)16)19(27)18(25)21-5-13-3-14(6-21)8-22(7-13,10-21)29-20(28)12(2)24/h11-18H,3-8,10,24-25H2,1-2H3. The second-order valence-corrected chi connectivity index (χ2v) is 10.8. The fourth-order valence-corrected chi connectivity index (χ4v) is 7.79. The number of hydrogen-bond donors (Lipinski definition) is 2. The number of amides is 1. The fraction of sp³-hybridized carbons (Fsp3) is 0.864. The van der Waals surface area contributed by atoms with Crippen LogP contribution >= 0.6 is 0 Å². The van der Waals surface area contributed by atoms with Crippen molar-refractivity contribution >= 4 is 11.9 Å². The minimum atomic E-state index is -0.650. The molecule has 0 aromatic rings. The van der Waals surface area contributed by atoms with Gasteiger partial charge in [0, 0.05) is 6.04 Å². The lowest BCUT2D eigenvalue weighted by atomic mass is 9.46. The van der Waals surface area contributed by atoms with Gasteiger partial charge in [-0.1, -0.05) is 6.92 Å². The molecule has 5 aliphatic carbocycles. The van der Waals surface area contributed by atoms with Crippen molar-refractivity contribution in [3.8, 4) is 6.07 Å². The topological polar surface area (TPSA) is 122 Å². The van der Waals surface area contributed by atoms with Gasteiger partial charge in [-0.3, -0.25) is 9.59 Å². The minimum Gasteiger partial charge on any atom is -0.458 e. The maximum absolute atomic E-state index is 13.6. The van der Waals surface area contributed by atoms with Crippen LogP contribution in [-0.4, -0.2) is 46.5 Å². The highest BCUT2D eigenvalue weighted by molar-refractivity contribution is 5.84. The van der Waals surface area contributed by atoms with Crippen LogP contribution in [-0.2, 0) is 14.3 Å². The number of ether oxygens (including phenoxy) is 1. The van der Waals surface area contributed by atoms with Crippen LogP contribution in [0.25, 0.3) is 0 Å². The third-order valence-corrected chi connectivity index (χ3v) is 8.74. The third-order valence-electron chi connectivity index (χ3n) is 8.74. The Morgan fingerprint density at radius 2 is 1.83 bits per heavy atom. The Morgan fingerprint density at radius 1 is 1.17 bits per heavy atom. The number of carbonyl (C=O) groups is 2. The van der Waals surface area contributed by atoms with Crippen molar-refractivity contribution in [2.75, 3.05) is 0 Å². The highest BCUT2D eigenvalue weighted by Crippen LogP contribution is 2.64. The molecule has 1 heterocycles. The zero-order valence-corrected chi connectivity index (χ0v) is 17.3. The molecule has 8 unspecified atom stereocenters. The zero-order chi connectivity index (χ0) is 20.7. The lowest BCUT2D eigenvalue weighted by molar-refractivity contribution is -0.206. The highest BCUT2D eigenvalue weighted by Gasteiger charge is 2.65. The van der Waals surface area contributed by atoms with E-state index in [-0.39, 0.29) is 29.4 Å². The van der Waals surface area contributed by atoms with Gasteiger partial charge >= 0.3 is 5.97 Å². The molecule has 1 amide bonds. The van der Waals surface area contributed by atoms with Crippen LogP contribution in [0.1, 0.15) is 58.8 Å². The quantitative estimate of drug-likeness (QED) is 0.686. The van der Waals surface area contributed by atoms with E-state index in [9.17, 15) is 14.9 Å². The summed E-state index contributed by atoms with van der Waals surface area (Å²) in [6.45, 7) is 3.80. The van der Waals surface area contributed by atoms with E-state index in [2.05, 4.69) is 13.0 Å². The summed E-state index contributed by atoms with van der Waals surface area (Å²) in [4.78, 5) is 27.7. The molecule has 158 valence electrons. The number of nitrogens with zero attached hydrogens (tertiary/aromatic N) is 2. The van der Waals surface area contributed by atoms with E-state index in [1.807, 2.05) is 0 Å². The molecule has 7 heteroatoms. The van der Waals surface area contributed by atoms with Gasteiger partial charge in [-0.2, -0.15) is 5.26 Å². The molecule has 0 spiro atoms. The largest absolute Gasteiger partial charge is 0.458 e. The Kier molecular flexibility index (Phi) is 4.12. The molecule has 4 N–H and O–H groups in total. The third kappa shape index (κ3) is 2.75. The van der Waals surface area contributed by atoms with Gasteiger partial charge in [0.1, 0.15) is 17.7 Å². The number of likely N-dealkylation sites (tertiary alicyclic amines) is 1. The molecule has 0 radical (unpaired) electrons. The average Bonchev–Trinajstić information content (AvgIpc) is 3.10. The molecule has 4 bridgehead atoms. The highest BCUT2D eigenvalue weighted by atomic mass is 16.6. The predicted octanol–water partition coefficient (Wildman–Crippen LogP) is 1.30. The van der Waals surface area contributed by atoms with E-state index >= 15 is 0 Å². The first-order valence-corrected chi connectivity index (χ1v) is 11.1. The van der Waals surface area contributed by atoms with Crippen LogP contribution in [0.2, 0.25) is 0 Å². The Labute approximate surface area is 172 Å². The summed E-state index contributed by atoms with van der Waals surface area (Å²) in [6.07, 6.45) is 6.10. The first-order chi connectivity index (χ1) is 13.7. The number of esters is 1. The summed E-state index contributed by atoms with van der Waals surface area (Å²) in [7, 11) is 0. The summed E-state index contributed by atoms with van der Waals surface area (Å²) >= 11 is 0. The van der Waals surface area contributed by atoms with Gasteiger partial charge in [-0.15, -0.1) is 0 Å². The lowest BCUT2D eigenvalue weighted by Crippen LogP contribution is -2.66. The maximum Gasteiger partial charge on any atom is 0.323 e. The number of nitriles is 1. The minimum absolute atomic E-state index is 0.0657. The average molecular weight is 401 g/mol. The smallest absolute Gasteiger partial charge is 0.323 e. The van der Waals surface area contributed by atoms with Crippen molar-refractivity contribution in [1.29, 1.82) is 5.26 Å². The summed E-state index contributed by atoms with van der Waals surface area (Å²) in [5.41, 5.74) is 11.6. The molecule has 1 saturated heterocycles. The first-order valence-electron chi connectivity index (χ1n) is 11.1. The van der Waals surface area contributed by atoms with E-state index in [1.54, 1.807) is 11.8 Å². The van der Waals surface area contributed by atoms with E-state index in [4.69, 9.17) is 16.2 Å². The van der Waals surface area contributed by atoms with Crippen LogP contribution in [0, 0.1) is 40.4 Å². The van der Waals surface area contributed by atoms with Crippen molar-refractivity contribution in [1.82, 2.24) is 4.90 Å². The number of nitrogens with two attached hydrogens (primary N) is 2. The number of fused-ring (bicyclic) bond motifs is 1. The van der Waals surface area contributed by atoms with E-state index in [0.29, 0.717) is 30.1 Å². The molecule has 1 aliphatic heterocycles. The maximum atomic E-state index is 13.6. The van der Waals surface area contributed by atoms with Gasteiger partial charge in [0.15, 0.2) is 0 Å². The summed E-state index contributed by atoms with van der Waals surface area (Å²) in [5.74, 6) is 1.36. The van der Waals surface area contributed by atoms with Gasteiger partial charge in [0.2, 0.25) is 5.91 Å². The number of carbonyl (C=O) groups excluding carboxylic acids is 2. The number of piperidine rings is 1. The molecule has 6 fully saturated rings. The Balaban J connectivity index is 1.41. The molecule has 29 heavy (non-hydrogen) atoms. The van der Waals surface area contributed by atoms with Crippen LogP contribution in [0.5, 0.6) is 0 Å². The van der Waals surface area contributed by atoms with Crippen LogP contribution < -0.4 is 11.5 Å². The molecule has 6 aliphatic rings. The van der Waals surface area contributed by atoms with Crippen molar-refractivity contribution < 1.29 is 14.3 Å². The molecule has 7 nitrogen and oxygen atoms in total. The summed E-state index contributed by atoms with van der Waals surface area (Å²) in [5, 5.41) is 9.56. The Hall–Kier alpha value is -1.65. The number of hydrogen-bond acceptors (Lipinski definition) is 6. The zero-order valence-electron chi connectivity index (χ0n) is 17.3. The van der Waals surface area contributed by atoms with Gasteiger partial charge < -0.3 is 21.1 Å². The second-order valence-electron chi connectivity index (χ2n) is 10.8. The van der Waals surface area contributed by atoms with E-state index in [0.717, 1.165) is 38.5 Å². The van der Waals surface area contributed by atoms with Gasteiger partial charge in [-0.05, 0) is 81.0 Å². The van der Waals surface area contributed by atoms with Gasteiger partial charge in [-0.25, -0.2) is 0 Å². The molecule has 8 atom stereocenters. The first kappa shape index (κ1) is 19.3. The molecule has 0 aromatic carbocycles. The second kappa shape index (κ2) is 6.18. The van der Waals surface area contributed by atoms with Crippen molar-refractivity contribution in [2.45, 2.75) is 88.6 Å². The summed E-state index contributed by atoms with van der Waals surface area (Å²) < 4.78 is 5.98. The molecule has 5 saturated carbocycles. The van der Waals surface area contributed by atoms with Crippen LogP contribution in [0.4, 0.5) is 0 Å².